The maximum absolute atomic E-state index is 13.2. The molecule has 1 unspecified atom stereocenters. The highest BCUT2D eigenvalue weighted by molar-refractivity contribution is 7.89. The molecule has 1 atom stereocenters. The van der Waals surface area contributed by atoms with Crippen LogP contribution in [0.1, 0.15) is 18.4 Å². The first-order valence-corrected chi connectivity index (χ1v) is 11.5. The van der Waals surface area contributed by atoms with Gasteiger partial charge in [-0.1, -0.05) is 22.9 Å². The van der Waals surface area contributed by atoms with Crippen molar-refractivity contribution in [2.45, 2.75) is 30.7 Å². The molecule has 3 aromatic rings. The fourth-order valence-corrected chi connectivity index (χ4v) is 6.11. The van der Waals surface area contributed by atoms with Crippen LogP contribution in [0, 0.1) is 12.7 Å². The number of aromatic nitrogens is 1. The Balaban J connectivity index is 1.58. The minimum absolute atomic E-state index is 0.0381. The fourth-order valence-electron chi connectivity index (χ4n) is 3.37. The van der Waals surface area contributed by atoms with Gasteiger partial charge in [-0.25, -0.2) is 17.8 Å². The van der Waals surface area contributed by atoms with E-state index in [1.165, 1.54) is 27.8 Å². The first-order chi connectivity index (χ1) is 13.8. The number of thiazole rings is 1. The molecular weight excluding hydrogens is 437 g/mol. The summed E-state index contributed by atoms with van der Waals surface area (Å²) in [5.74, 6) is -0.957. The van der Waals surface area contributed by atoms with Gasteiger partial charge in [-0.3, -0.25) is 4.79 Å². The minimum atomic E-state index is -3.91. The van der Waals surface area contributed by atoms with Gasteiger partial charge in [0.2, 0.25) is 15.9 Å². The van der Waals surface area contributed by atoms with Gasteiger partial charge in [0, 0.05) is 11.6 Å². The maximum atomic E-state index is 13.2. The number of sulfonamides is 1. The Morgan fingerprint density at radius 3 is 2.72 bits per heavy atom. The molecule has 0 saturated carbocycles. The van der Waals surface area contributed by atoms with Crippen LogP contribution in [0.5, 0.6) is 0 Å². The lowest BCUT2D eigenvalue weighted by Crippen LogP contribution is -2.43. The third-order valence-electron chi connectivity index (χ3n) is 4.90. The van der Waals surface area contributed by atoms with Gasteiger partial charge < -0.3 is 5.32 Å². The van der Waals surface area contributed by atoms with Gasteiger partial charge >= 0.3 is 0 Å². The molecule has 1 aromatic heterocycles. The molecule has 0 spiro atoms. The van der Waals surface area contributed by atoms with E-state index in [-0.39, 0.29) is 11.4 Å². The lowest BCUT2D eigenvalue weighted by Gasteiger charge is -2.23. The average Bonchev–Trinajstić information content (AvgIpc) is 3.33. The second-order valence-corrected chi connectivity index (χ2v) is 10.1. The zero-order valence-electron chi connectivity index (χ0n) is 15.4. The van der Waals surface area contributed by atoms with E-state index in [4.69, 9.17) is 11.6 Å². The predicted octanol–water partition coefficient (Wildman–Crippen LogP) is 4.19. The first-order valence-electron chi connectivity index (χ1n) is 8.91. The molecule has 1 amide bonds. The number of aryl methyl sites for hydroxylation is 1. The van der Waals surface area contributed by atoms with E-state index >= 15 is 0 Å². The second-order valence-electron chi connectivity index (χ2n) is 6.76. The van der Waals surface area contributed by atoms with Crippen LogP contribution < -0.4 is 5.32 Å². The number of hydrogen-bond donors (Lipinski definition) is 1. The van der Waals surface area contributed by atoms with Crippen LogP contribution in [0.2, 0.25) is 5.02 Å². The monoisotopic (exact) mass is 453 g/mol. The third-order valence-corrected chi connectivity index (χ3v) is 8.17. The van der Waals surface area contributed by atoms with Crippen LogP contribution in [0.4, 0.5) is 9.52 Å². The van der Waals surface area contributed by atoms with Crippen LogP contribution in [0.15, 0.2) is 41.3 Å². The number of hydrogen-bond acceptors (Lipinski definition) is 5. The van der Waals surface area contributed by atoms with Gasteiger partial charge in [0.15, 0.2) is 5.13 Å². The largest absolute Gasteiger partial charge is 0.301 e. The zero-order valence-corrected chi connectivity index (χ0v) is 17.7. The first kappa shape index (κ1) is 20.2. The predicted molar refractivity (Wildman–Crippen MR) is 111 cm³/mol. The van der Waals surface area contributed by atoms with Crippen molar-refractivity contribution in [1.29, 1.82) is 0 Å². The Kier molecular flexibility index (Phi) is 5.32. The quantitative estimate of drug-likeness (QED) is 0.642. The smallest absolute Gasteiger partial charge is 0.244 e. The SMILES string of the molecule is Cc1c(Cl)ccc2sc(NC(=O)C3CCCN3S(=O)(=O)c3ccc(F)cc3)nc12. The van der Waals surface area contributed by atoms with E-state index in [0.717, 1.165) is 22.4 Å². The number of fused-ring (bicyclic) bond motifs is 1. The molecule has 10 heteroatoms. The number of benzene rings is 2. The summed E-state index contributed by atoms with van der Waals surface area (Å²) in [6.07, 6.45) is 0.967. The molecule has 29 heavy (non-hydrogen) atoms. The second kappa shape index (κ2) is 7.64. The summed E-state index contributed by atoms with van der Waals surface area (Å²) in [6, 6.07) is 7.35. The van der Waals surface area contributed by atoms with E-state index in [1.54, 1.807) is 6.07 Å². The molecular formula is C19H17ClFN3O3S2. The lowest BCUT2D eigenvalue weighted by atomic mass is 10.2. The Morgan fingerprint density at radius 2 is 2.00 bits per heavy atom. The summed E-state index contributed by atoms with van der Waals surface area (Å²) in [5.41, 5.74) is 1.53. The van der Waals surface area contributed by atoms with Crippen molar-refractivity contribution in [2.75, 3.05) is 11.9 Å². The highest BCUT2D eigenvalue weighted by atomic mass is 35.5. The molecule has 0 radical (unpaired) electrons. The summed E-state index contributed by atoms with van der Waals surface area (Å²) in [7, 11) is -3.91. The van der Waals surface area contributed by atoms with Crippen molar-refractivity contribution in [3.05, 3.63) is 52.8 Å². The van der Waals surface area contributed by atoms with Crippen LogP contribution in [0.25, 0.3) is 10.2 Å². The average molecular weight is 454 g/mol. The van der Waals surface area contributed by atoms with Crippen molar-refractivity contribution < 1.29 is 17.6 Å². The van der Waals surface area contributed by atoms with Crippen LogP contribution in [-0.4, -0.2) is 36.2 Å². The molecule has 1 saturated heterocycles. The number of carbonyl (C=O) groups is 1. The Morgan fingerprint density at radius 1 is 1.28 bits per heavy atom. The Bertz CT molecular complexity index is 1200. The summed E-state index contributed by atoms with van der Waals surface area (Å²) < 4.78 is 41.1. The summed E-state index contributed by atoms with van der Waals surface area (Å²) in [5, 5.41) is 3.72. The third kappa shape index (κ3) is 3.75. The zero-order chi connectivity index (χ0) is 20.8. The van der Waals surface area contributed by atoms with Gasteiger partial charge in [0.1, 0.15) is 11.9 Å². The van der Waals surface area contributed by atoms with Gasteiger partial charge in [-0.2, -0.15) is 4.31 Å². The van der Waals surface area contributed by atoms with E-state index < -0.39 is 27.8 Å². The molecule has 0 bridgehead atoms. The van der Waals surface area contributed by atoms with Gasteiger partial charge in [0.05, 0.1) is 15.1 Å². The summed E-state index contributed by atoms with van der Waals surface area (Å²) >= 11 is 7.43. The van der Waals surface area contributed by atoms with E-state index in [0.29, 0.717) is 28.5 Å². The minimum Gasteiger partial charge on any atom is -0.301 e. The highest BCUT2D eigenvalue weighted by Crippen LogP contribution is 2.33. The molecule has 1 aliphatic heterocycles. The molecule has 1 N–H and O–H groups in total. The topological polar surface area (TPSA) is 79.4 Å². The van der Waals surface area contributed by atoms with Crippen molar-refractivity contribution in [3.8, 4) is 0 Å². The van der Waals surface area contributed by atoms with Crippen molar-refractivity contribution >= 4 is 54.2 Å². The van der Waals surface area contributed by atoms with E-state index in [9.17, 15) is 17.6 Å². The Labute approximate surface area is 176 Å². The van der Waals surface area contributed by atoms with Crippen LogP contribution >= 0.6 is 22.9 Å². The molecule has 1 aliphatic rings. The van der Waals surface area contributed by atoms with Crippen LogP contribution in [0.3, 0.4) is 0 Å². The molecule has 2 aromatic carbocycles. The van der Waals surface area contributed by atoms with Gasteiger partial charge in [-0.05, 0) is 61.7 Å². The van der Waals surface area contributed by atoms with Crippen molar-refractivity contribution in [2.24, 2.45) is 0 Å². The standard InChI is InChI=1S/C19H17ClFN3O3S2/c1-11-14(20)8-9-16-17(11)22-19(28-16)23-18(25)15-3-2-10-24(15)29(26,27)13-6-4-12(21)5-7-13/h4-9,15H,2-3,10H2,1H3,(H,22,23,25). The van der Waals surface area contributed by atoms with Crippen LogP contribution in [-0.2, 0) is 14.8 Å². The molecule has 4 rings (SSSR count). The number of halogens is 2. The number of anilines is 1. The number of rotatable bonds is 4. The molecule has 6 nitrogen and oxygen atoms in total. The fraction of sp³-hybridized carbons (Fsp3) is 0.263. The number of nitrogens with one attached hydrogen (secondary N) is 1. The van der Waals surface area contributed by atoms with E-state index in [2.05, 4.69) is 10.3 Å². The van der Waals surface area contributed by atoms with Gasteiger partial charge in [-0.15, -0.1) is 0 Å². The molecule has 152 valence electrons. The maximum Gasteiger partial charge on any atom is 0.244 e. The Hall–Kier alpha value is -2.07. The number of nitrogens with zero attached hydrogens (tertiary/aromatic N) is 2. The molecule has 0 aliphatic carbocycles. The summed E-state index contributed by atoms with van der Waals surface area (Å²) in [4.78, 5) is 17.2. The molecule has 2 heterocycles. The summed E-state index contributed by atoms with van der Waals surface area (Å²) in [6.45, 7) is 2.08. The van der Waals surface area contributed by atoms with Crippen molar-refractivity contribution in [3.63, 3.8) is 0 Å². The highest BCUT2D eigenvalue weighted by Gasteiger charge is 2.39. The number of carbonyl (C=O) groups excluding carboxylic acids is 1. The van der Waals surface area contributed by atoms with E-state index in [1.807, 2.05) is 13.0 Å². The number of amides is 1. The van der Waals surface area contributed by atoms with Crippen molar-refractivity contribution in [1.82, 2.24) is 9.29 Å². The lowest BCUT2D eigenvalue weighted by molar-refractivity contribution is -0.119. The normalized spacial score (nSPS) is 17.7. The molecule has 1 fully saturated rings. The van der Waals surface area contributed by atoms with Gasteiger partial charge in [0.25, 0.3) is 0 Å².